The molecule has 108 valence electrons. The molecule has 0 saturated carbocycles. The van der Waals surface area contributed by atoms with Gasteiger partial charge in [-0.1, -0.05) is 35.9 Å². The van der Waals surface area contributed by atoms with Crippen LogP contribution in [0.25, 0.3) is 0 Å². The quantitative estimate of drug-likeness (QED) is 0.662. The van der Waals surface area contributed by atoms with Crippen LogP contribution in [0.2, 0.25) is 5.02 Å². The van der Waals surface area contributed by atoms with Gasteiger partial charge in [0, 0.05) is 18.1 Å². The number of fused-ring (bicyclic) bond motifs is 1. The molecule has 0 spiro atoms. The van der Waals surface area contributed by atoms with Crippen LogP contribution in [0.5, 0.6) is 0 Å². The molecule has 0 radical (unpaired) electrons. The molecule has 21 heavy (non-hydrogen) atoms. The highest BCUT2D eigenvalue weighted by molar-refractivity contribution is 6.31. The number of nitrogen functional groups attached to an aromatic ring is 1. The molecule has 0 fully saturated rings. The van der Waals surface area contributed by atoms with Gasteiger partial charge in [0.1, 0.15) is 0 Å². The Kier molecular flexibility index (Phi) is 3.82. The summed E-state index contributed by atoms with van der Waals surface area (Å²) in [6.07, 6.45) is 0.869. The molecule has 5 heteroatoms. The highest BCUT2D eigenvalue weighted by atomic mass is 35.5. The molecular formula is C16H16ClN3O. The minimum absolute atomic E-state index is 0.0556. The average Bonchev–Trinajstić information content (AvgIpc) is 2.53. The van der Waals surface area contributed by atoms with Crippen molar-refractivity contribution in [2.75, 3.05) is 12.0 Å². The topological polar surface area (TPSA) is 58.4 Å². The van der Waals surface area contributed by atoms with Gasteiger partial charge in [0.15, 0.2) is 0 Å². The van der Waals surface area contributed by atoms with E-state index in [0.29, 0.717) is 29.4 Å². The van der Waals surface area contributed by atoms with Crippen molar-refractivity contribution in [3.63, 3.8) is 0 Å². The van der Waals surface area contributed by atoms with Gasteiger partial charge in [-0.05, 0) is 35.7 Å². The molecule has 0 atom stereocenters. The zero-order valence-corrected chi connectivity index (χ0v) is 12.2. The van der Waals surface area contributed by atoms with Gasteiger partial charge < -0.3 is 10.3 Å². The van der Waals surface area contributed by atoms with E-state index in [1.165, 1.54) is 11.1 Å². The lowest BCUT2D eigenvalue weighted by Gasteiger charge is -2.29. The van der Waals surface area contributed by atoms with Gasteiger partial charge in [0.05, 0.1) is 11.3 Å². The van der Waals surface area contributed by atoms with E-state index in [1.54, 1.807) is 18.2 Å². The number of nitrogens with two attached hydrogens (primary N) is 1. The first-order chi connectivity index (χ1) is 10.2. The Morgan fingerprint density at radius 2 is 1.95 bits per heavy atom. The van der Waals surface area contributed by atoms with Gasteiger partial charge in [-0.15, -0.1) is 0 Å². The third-order valence-corrected chi connectivity index (χ3v) is 4.02. The lowest BCUT2D eigenvalue weighted by Crippen LogP contribution is -2.36. The predicted molar refractivity (Wildman–Crippen MR) is 84.1 cm³/mol. The van der Waals surface area contributed by atoms with Gasteiger partial charge in [-0.25, -0.2) is 0 Å². The second-order valence-electron chi connectivity index (χ2n) is 5.08. The van der Waals surface area contributed by atoms with Crippen LogP contribution in [0.15, 0.2) is 42.5 Å². The molecule has 1 aliphatic rings. The number of hydrogen-bond acceptors (Lipinski definition) is 3. The van der Waals surface area contributed by atoms with Crippen LogP contribution in [0, 0.1) is 0 Å². The van der Waals surface area contributed by atoms with E-state index in [9.17, 15) is 4.79 Å². The van der Waals surface area contributed by atoms with Crippen LogP contribution in [-0.2, 0) is 13.0 Å². The maximum Gasteiger partial charge on any atom is 0.256 e. The molecule has 3 N–H and O–H groups in total. The first-order valence-corrected chi connectivity index (χ1v) is 7.19. The van der Waals surface area contributed by atoms with Gasteiger partial charge in [0.2, 0.25) is 0 Å². The Morgan fingerprint density at radius 1 is 1.19 bits per heavy atom. The van der Waals surface area contributed by atoms with Gasteiger partial charge in [-0.3, -0.25) is 10.6 Å². The van der Waals surface area contributed by atoms with Crippen LogP contribution in [0.3, 0.4) is 0 Å². The van der Waals surface area contributed by atoms with Crippen molar-refractivity contribution in [2.45, 2.75) is 13.0 Å². The number of anilines is 1. The summed E-state index contributed by atoms with van der Waals surface area (Å²) in [5.41, 5.74) is 6.15. The van der Waals surface area contributed by atoms with E-state index in [1.807, 2.05) is 17.0 Å². The molecule has 0 saturated heterocycles. The summed E-state index contributed by atoms with van der Waals surface area (Å²) in [5, 5.41) is 0.523. The van der Waals surface area contributed by atoms with Crippen molar-refractivity contribution in [1.82, 2.24) is 4.90 Å². The maximum absolute atomic E-state index is 12.7. The molecule has 2 aromatic carbocycles. The van der Waals surface area contributed by atoms with E-state index in [2.05, 4.69) is 17.6 Å². The largest absolute Gasteiger partial charge is 0.334 e. The molecule has 0 aromatic heterocycles. The van der Waals surface area contributed by atoms with Crippen molar-refractivity contribution < 1.29 is 4.79 Å². The standard InChI is InChI=1S/C16H16ClN3O/c17-13-5-6-15(19-18)14(9-13)16(21)20-8-7-11-3-1-2-4-12(11)10-20/h1-6,9,19H,7-8,10,18H2. The highest BCUT2D eigenvalue weighted by Gasteiger charge is 2.23. The van der Waals surface area contributed by atoms with Crippen LogP contribution in [0.1, 0.15) is 21.5 Å². The molecule has 0 unspecified atom stereocenters. The third kappa shape index (κ3) is 2.73. The molecule has 0 aliphatic carbocycles. The Bertz CT molecular complexity index is 687. The molecule has 2 aromatic rings. The number of hydrogen-bond donors (Lipinski definition) is 2. The molecule has 1 heterocycles. The Labute approximate surface area is 128 Å². The van der Waals surface area contributed by atoms with E-state index < -0.39 is 0 Å². The van der Waals surface area contributed by atoms with Crippen molar-refractivity contribution in [1.29, 1.82) is 0 Å². The summed E-state index contributed by atoms with van der Waals surface area (Å²) in [4.78, 5) is 14.5. The Morgan fingerprint density at radius 3 is 2.71 bits per heavy atom. The lowest BCUT2D eigenvalue weighted by atomic mass is 9.99. The molecule has 1 amide bonds. The number of carbonyl (C=O) groups is 1. The number of carbonyl (C=O) groups excluding carboxylic acids is 1. The summed E-state index contributed by atoms with van der Waals surface area (Å²) in [7, 11) is 0. The fourth-order valence-corrected chi connectivity index (χ4v) is 2.83. The number of benzene rings is 2. The normalized spacial score (nSPS) is 13.7. The summed E-state index contributed by atoms with van der Waals surface area (Å²) in [6.45, 7) is 1.32. The van der Waals surface area contributed by atoms with Crippen LogP contribution in [0.4, 0.5) is 5.69 Å². The highest BCUT2D eigenvalue weighted by Crippen LogP contribution is 2.25. The Balaban J connectivity index is 1.89. The van der Waals surface area contributed by atoms with Crippen molar-refractivity contribution >= 4 is 23.2 Å². The maximum atomic E-state index is 12.7. The lowest BCUT2D eigenvalue weighted by molar-refractivity contribution is 0.0735. The summed E-state index contributed by atoms with van der Waals surface area (Å²) < 4.78 is 0. The fraction of sp³-hybridized carbons (Fsp3) is 0.188. The van der Waals surface area contributed by atoms with Crippen molar-refractivity contribution in [3.8, 4) is 0 Å². The third-order valence-electron chi connectivity index (χ3n) is 3.79. The molecule has 3 rings (SSSR count). The second kappa shape index (κ2) is 5.76. The van der Waals surface area contributed by atoms with Crippen molar-refractivity contribution in [3.05, 3.63) is 64.2 Å². The monoisotopic (exact) mass is 301 g/mol. The van der Waals surface area contributed by atoms with E-state index in [4.69, 9.17) is 17.4 Å². The summed E-state index contributed by atoms with van der Waals surface area (Å²) in [5.74, 6) is 5.43. The van der Waals surface area contributed by atoms with E-state index in [0.717, 1.165) is 6.42 Å². The van der Waals surface area contributed by atoms with Gasteiger partial charge >= 0.3 is 0 Å². The first-order valence-electron chi connectivity index (χ1n) is 6.81. The summed E-state index contributed by atoms with van der Waals surface area (Å²) in [6, 6.07) is 13.3. The van der Waals surface area contributed by atoms with E-state index in [-0.39, 0.29) is 5.91 Å². The number of nitrogens with one attached hydrogen (secondary N) is 1. The molecular weight excluding hydrogens is 286 g/mol. The zero-order chi connectivity index (χ0) is 14.8. The van der Waals surface area contributed by atoms with Crippen LogP contribution < -0.4 is 11.3 Å². The van der Waals surface area contributed by atoms with Crippen LogP contribution in [-0.4, -0.2) is 17.4 Å². The summed E-state index contributed by atoms with van der Waals surface area (Å²) >= 11 is 6.00. The zero-order valence-electron chi connectivity index (χ0n) is 11.5. The molecule has 0 bridgehead atoms. The number of rotatable bonds is 2. The average molecular weight is 302 g/mol. The van der Waals surface area contributed by atoms with Crippen molar-refractivity contribution in [2.24, 2.45) is 5.84 Å². The number of nitrogens with zero attached hydrogens (tertiary/aromatic N) is 1. The number of amides is 1. The molecule has 1 aliphatic heterocycles. The predicted octanol–water partition coefficient (Wildman–Crippen LogP) is 2.82. The first kappa shape index (κ1) is 13.9. The minimum atomic E-state index is -0.0556. The minimum Gasteiger partial charge on any atom is -0.334 e. The number of halogens is 1. The Hall–Kier alpha value is -2.04. The molecule has 4 nitrogen and oxygen atoms in total. The van der Waals surface area contributed by atoms with Gasteiger partial charge in [-0.2, -0.15) is 0 Å². The fourth-order valence-electron chi connectivity index (χ4n) is 2.66. The van der Waals surface area contributed by atoms with E-state index >= 15 is 0 Å². The SMILES string of the molecule is NNc1ccc(Cl)cc1C(=O)N1CCc2ccccc2C1. The second-order valence-corrected chi connectivity index (χ2v) is 5.52. The van der Waals surface area contributed by atoms with Gasteiger partial charge in [0.25, 0.3) is 5.91 Å². The smallest absolute Gasteiger partial charge is 0.256 e. The van der Waals surface area contributed by atoms with Crippen LogP contribution >= 0.6 is 11.6 Å². The number of hydrazine groups is 1.